The zero-order valence-corrected chi connectivity index (χ0v) is 16.0. The highest BCUT2D eigenvalue weighted by atomic mass is 19.4. The standard InChI is InChI=1S/C20H17F5N4O2/c1-11(10-30)26-19-28-16(12-3-2-4-14(7-12)31-20(23,24)25)9-18(29-19)27-17-8-13(21)5-6-15(17)22/h2-9,11,30H,10H2,1H3,(H2,26,27,28,29)/t11-/m0/s1. The van der Waals surface area contributed by atoms with Crippen molar-refractivity contribution in [2.45, 2.75) is 19.3 Å². The second-order valence-corrected chi connectivity index (χ2v) is 6.51. The van der Waals surface area contributed by atoms with E-state index in [0.29, 0.717) is 0 Å². The summed E-state index contributed by atoms with van der Waals surface area (Å²) in [6.07, 6.45) is -4.87. The highest BCUT2D eigenvalue weighted by Gasteiger charge is 2.31. The van der Waals surface area contributed by atoms with E-state index in [-0.39, 0.29) is 35.3 Å². The molecule has 0 aliphatic heterocycles. The molecule has 2 aromatic carbocycles. The average Bonchev–Trinajstić information content (AvgIpc) is 2.69. The number of nitrogens with one attached hydrogen (secondary N) is 2. The van der Waals surface area contributed by atoms with E-state index in [2.05, 4.69) is 25.3 Å². The molecule has 0 saturated carbocycles. The lowest BCUT2D eigenvalue weighted by molar-refractivity contribution is -0.274. The van der Waals surface area contributed by atoms with E-state index in [0.717, 1.165) is 30.3 Å². The van der Waals surface area contributed by atoms with Crippen LogP contribution in [0.3, 0.4) is 0 Å². The molecule has 0 fully saturated rings. The second-order valence-electron chi connectivity index (χ2n) is 6.51. The van der Waals surface area contributed by atoms with Crippen molar-refractivity contribution in [2.24, 2.45) is 0 Å². The molecule has 1 aromatic heterocycles. The van der Waals surface area contributed by atoms with Crippen LogP contribution in [0.2, 0.25) is 0 Å². The van der Waals surface area contributed by atoms with Gasteiger partial charge in [0.1, 0.15) is 23.2 Å². The molecule has 0 radical (unpaired) electrons. The predicted molar refractivity (Wildman–Crippen MR) is 104 cm³/mol. The van der Waals surface area contributed by atoms with Crippen molar-refractivity contribution in [3.63, 3.8) is 0 Å². The number of nitrogens with zero attached hydrogens (tertiary/aromatic N) is 2. The number of aliphatic hydroxyl groups is 1. The minimum Gasteiger partial charge on any atom is -0.406 e. The highest BCUT2D eigenvalue weighted by Crippen LogP contribution is 2.30. The van der Waals surface area contributed by atoms with Gasteiger partial charge in [0.2, 0.25) is 5.95 Å². The van der Waals surface area contributed by atoms with Gasteiger partial charge in [-0.2, -0.15) is 4.98 Å². The van der Waals surface area contributed by atoms with Gasteiger partial charge in [0.25, 0.3) is 0 Å². The molecule has 1 atom stereocenters. The molecule has 0 aliphatic carbocycles. The lowest BCUT2D eigenvalue weighted by Crippen LogP contribution is -2.21. The van der Waals surface area contributed by atoms with E-state index in [1.54, 1.807) is 6.92 Å². The molecule has 0 bridgehead atoms. The average molecular weight is 440 g/mol. The predicted octanol–water partition coefficient (Wildman–Crippen LogP) is 4.86. The Morgan fingerprint density at radius 3 is 2.55 bits per heavy atom. The van der Waals surface area contributed by atoms with Crippen LogP contribution in [0.25, 0.3) is 11.3 Å². The number of halogens is 5. The number of rotatable bonds is 7. The Hall–Kier alpha value is -3.47. The lowest BCUT2D eigenvalue weighted by atomic mass is 10.1. The van der Waals surface area contributed by atoms with Gasteiger partial charge in [-0.15, -0.1) is 13.2 Å². The summed E-state index contributed by atoms with van der Waals surface area (Å²) < 4.78 is 69.1. The summed E-state index contributed by atoms with van der Waals surface area (Å²) in [5.74, 6) is -1.81. The molecule has 6 nitrogen and oxygen atoms in total. The Morgan fingerprint density at radius 2 is 1.84 bits per heavy atom. The van der Waals surface area contributed by atoms with Gasteiger partial charge in [0.15, 0.2) is 0 Å². The minimum absolute atomic E-state index is 0.0144. The first kappa shape index (κ1) is 22.2. The number of aromatic nitrogens is 2. The van der Waals surface area contributed by atoms with Crippen molar-refractivity contribution in [3.8, 4) is 17.0 Å². The Morgan fingerprint density at radius 1 is 1.06 bits per heavy atom. The van der Waals surface area contributed by atoms with Crippen molar-refractivity contribution in [2.75, 3.05) is 17.2 Å². The third-order valence-electron chi connectivity index (χ3n) is 3.93. The number of anilines is 3. The molecule has 164 valence electrons. The molecule has 0 unspecified atom stereocenters. The summed E-state index contributed by atoms with van der Waals surface area (Å²) in [7, 11) is 0. The van der Waals surface area contributed by atoms with Gasteiger partial charge >= 0.3 is 6.36 Å². The largest absolute Gasteiger partial charge is 0.573 e. The third-order valence-corrected chi connectivity index (χ3v) is 3.93. The van der Waals surface area contributed by atoms with Crippen LogP contribution in [0.4, 0.5) is 39.4 Å². The maximum absolute atomic E-state index is 14.0. The molecule has 31 heavy (non-hydrogen) atoms. The molecule has 3 rings (SSSR count). The summed E-state index contributed by atoms with van der Waals surface area (Å²) in [4.78, 5) is 8.38. The highest BCUT2D eigenvalue weighted by molar-refractivity contribution is 5.68. The molecule has 1 heterocycles. The van der Waals surface area contributed by atoms with Crippen molar-refractivity contribution in [3.05, 3.63) is 60.2 Å². The monoisotopic (exact) mass is 440 g/mol. The molecular formula is C20H17F5N4O2. The number of alkyl halides is 3. The SMILES string of the molecule is C[C@@H](CO)Nc1nc(Nc2cc(F)ccc2F)cc(-c2cccc(OC(F)(F)F)c2)n1. The fraction of sp³-hybridized carbons (Fsp3) is 0.200. The number of hydrogen-bond acceptors (Lipinski definition) is 6. The maximum Gasteiger partial charge on any atom is 0.573 e. The quantitative estimate of drug-likeness (QED) is 0.456. The summed E-state index contributed by atoms with van der Waals surface area (Å²) in [5, 5.41) is 14.7. The van der Waals surface area contributed by atoms with Gasteiger partial charge in [-0.3, -0.25) is 0 Å². The molecular weight excluding hydrogens is 423 g/mol. The first-order valence-electron chi connectivity index (χ1n) is 8.97. The van der Waals surface area contributed by atoms with Crippen molar-refractivity contribution >= 4 is 17.5 Å². The van der Waals surface area contributed by atoms with Crippen LogP contribution in [0.1, 0.15) is 6.92 Å². The first-order valence-corrected chi connectivity index (χ1v) is 8.97. The van der Waals surface area contributed by atoms with Crippen LogP contribution in [-0.4, -0.2) is 34.1 Å². The normalized spacial score (nSPS) is 12.4. The Bertz CT molecular complexity index is 1060. The zero-order valence-electron chi connectivity index (χ0n) is 16.0. The van der Waals surface area contributed by atoms with Crippen LogP contribution in [0.15, 0.2) is 48.5 Å². The summed E-state index contributed by atoms with van der Waals surface area (Å²) >= 11 is 0. The van der Waals surface area contributed by atoms with E-state index in [4.69, 9.17) is 0 Å². The van der Waals surface area contributed by atoms with Crippen LogP contribution < -0.4 is 15.4 Å². The van der Waals surface area contributed by atoms with E-state index in [1.807, 2.05) is 0 Å². The maximum atomic E-state index is 14.0. The van der Waals surface area contributed by atoms with Crippen molar-refractivity contribution < 1.29 is 31.8 Å². The molecule has 0 saturated heterocycles. The number of benzene rings is 2. The third kappa shape index (κ3) is 6.25. The number of aliphatic hydroxyl groups excluding tert-OH is 1. The summed E-state index contributed by atoms with van der Waals surface area (Å²) in [6.45, 7) is 1.40. The number of ether oxygens (including phenoxy) is 1. The summed E-state index contributed by atoms with van der Waals surface area (Å²) in [6, 6.07) is 8.82. The van der Waals surface area contributed by atoms with Crippen LogP contribution in [-0.2, 0) is 0 Å². The smallest absolute Gasteiger partial charge is 0.406 e. The minimum atomic E-state index is -4.87. The second kappa shape index (κ2) is 9.13. The molecule has 0 aliphatic rings. The number of hydrogen-bond donors (Lipinski definition) is 3. The molecule has 11 heteroatoms. The Kier molecular flexibility index (Phi) is 6.54. The van der Waals surface area contributed by atoms with E-state index in [9.17, 15) is 27.1 Å². The van der Waals surface area contributed by atoms with Gasteiger partial charge in [-0.25, -0.2) is 13.8 Å². The summed E-state index contributed by atoms with van der Waals surface area (Å²) in [5.41, 5.74) is 0.237. The Labute approximate surface area is 173 Å². The van der Waals surface area contributed by atoms with E-state index >= 15 is 0 Å². The molecule has 3 aromatic rings. The molecule has 0 spiro atoms. The molecule has 3 N–H and O–H groups in total. The lowest BCUT2D eigenvalue weighted by Gasteiger charge is -2.15. The van der Waals surface area contributed by atoms with Gasteiger partial charge in [0, 0.05) is 23.7 Å². The van der Waals surface area contributed by atoms with Crippen LogP contribution >= 0.6 is 0 Å². The van der Waals surface area contributed by atoms with Crippen molar-refractivity contribution in [1.82, 2.24) is 9.97 Å². The van der Waals surface area contributed by atoms with Crippen molar-refractivity contribution in [1.29, 1.82) is 0 Å². The van der Waals surface area contributed by atoms with E-state index < -0.39 is 29.8 Å². The zero-order chi connectivity index (χ0) is 22.6. The fourth-order valence-corrected chi connectivity index (χ4v) is 2.57. The van der Waals surface area contributed by atoms with Gasteiger partial charge < -0.3 is 20.5 Å². The topological polar surface area (TPSA) is 79.3 Å². The van der Waals surface area contributed by atoms with Gasteiger partial charge in [-0.1, -0.05) is 12.1 Å². The fourth-order valence-electron chi connectivity index (χ4n) is 2.57. The van der Waals surface area contributed by atoms with Crippen LogP contribution in [0, 0.1) is 11.6 Å². The van der Waals surface area contributed by atoms with Crippen LogP contribution in [0.5, 0.6) is 5.75 Å². The van der Waals surface area contributed by atoms with E-state index in [1.165, 1.54) is 18.2 Å². The van der Waals surface area contributed by atoms with Gasteiger partial charge in [-0.05, 0) is 31.2 Å². The molecule has 0 amide bonds. The Balaban J connectivity index is 2.01. The first-order chi connectivity index (χ1) is 14.6. The van der Waals surface area contributed by atoms with Gasteiger partial charge in [0.05, 0.1) is 18.0 Å².